The van der Waals surface area contributed by atoms with Crippen LogP contribution >= 0.6 is 0 Å². The van der Waals surface area contributed by atoms with Gasteiger partial charge in [0.2, 0.25) is 0 Å². The minimum atomic E-state index is -4.30. The summed E-state index contributed by atoms with van der Waals surface area (Å²) in [6.45, 7) is 3.80. The molecule has 0 aliphatic carbocycles. The molecule has 0 aromatic heterocycles. The van der Waals surface area contributed by atoms with Gasteiger partial charge < -0.3 is 5.43 Å². The van der Waals surface area contributed by atoms with Crippen molar-refractivity contribution in [1.82, 2.24) is 4.83 Å². The highest BCUT2D eigenvalue weighted by molar-refractivity contribution is 7.83. The van der Waals surface area contributed by atoms with Crippen molar-refractivity contribution in [2.45, 2.75) is 13.8 Å². The minimum Gasteiger partial charge on any atom is -0.306 e. The van der Waals surface area contributed by atoms with E-state index < -0.39 is 10.3 Å². The molecule has 0 atom stereocenters. The second-order valence-electron chi connectivity index (χ2n) is 4.74. The molecule has 0 aliphatic heterocycles. The van der Waals surface area contributed by atoms with E-state index in [1.807, 2.05) is 38.1 Å². The normalized spacial score (nSPS) is 11.8. The molecule has 22 heavy (non-hydrogen) atoms. The SMILES string of the molecule is Cc1cccc(N=Nc2ccc(NNS(=O)(=O)O)cc2C)c1. The van der Waals surface area contributed by atoms with Gasteiger partial charge in [-0.15, -0.1) is 4.83 Å². The highest BCUT2D eigenvalue weighted by atomic mass is 32.2. The quantitative estimate of drug-likeness (QED) is 0.446. The first-order chi connectivity index (χ1) is 10.3. The Morgan fingerprint density at radius 3 is 2.45 bits per heavy atom. The highest BCUT2D eigenvalue weighted by Gasteiger charge is 2.03. The molecule has 0 aliphatic rings. The van der Waals surface area contributed by atoms with Crippen LogP contribution < -0.4 is 10.3 Å². The molecule has 0 radical (unpaired) electrons. The average molecular weight is 320 g/mol. The number of rotatable bonds is 5. The van der Waals surface area contributed by atoms with Gasteiger partial charge in [0.1, 0.15) is 0 Å². The zero-order valence-corrected chi connectivity index (χ0v) is 12.9. The zero-order chi connectivity index (χ0) is 16.2. The van der Waals surface area contributed by atoms with Crippen LogP contribution in [0.1, 0.15) is 11.1 Å². The largest absolute Gasteiger partial charge is 0.350 e. The first-order valence-corrected chi connectivity index (χ1v) is 7.87. The number of benzene rings is 2. The third-order valence-corrected chi connectivity index (χ3v) is 3.16. The lowest BCUT2D eigenvalue weighted by molar-refractivity contribution is 0.473. The molecular weight excluding hydrogens is 304 g/mol. The summed E-state index contributed by atoms with van der Waals surface area (Å²) in [5.41, 5.74) is 6.18. The Labute approximate surface area is 128 Å². The summed E-state index contributed by atoms with van der Waals surface area (Å²) in [6, 6.07) is 12.7. The van der Waals surface area contributed by atoms with Crippen LogP contribution in [0.2, 0.25) is 0 Å². The summed E-state index contributed by atoms with van der Waals surface area (Å²) in [7, 11) is -4.30. The van der Waals surface area contributed by atoms with Crippen molar-refractivity contribution in [2.75, 3.05) is 5.43 Å². The molecule has 7 nitrogen and oxygen atoms in total. The molecule has 0 amide bonds. The topological polar surface area (TPSA) is 103 Å². The van der Waals surface area contributed by atoms with Crippen LogP contribution in [0.15, 0.2) is 52.7 Å². The lowest BCUT2D eigenvalue weighted by atomic mass is 10.2. The van der Waals surface area contributed by atoms with Gasteiger partial charge >= 0.3 is 10.3 Å². The Hall–Kier alpha value is -2.29. The third-order valence-electron chi connectivity index (χ3n) is 2.80. The number of hydrazine groups is 1. The number of anilines is 1. The molecule has 0 saturated heterocycles. The lowest BCUT2D eigenvalue weighted by Gasteiger charge is -2.07. The van der Waals surface area contributed by atoms with Gasteiger partial charge in [-0.3, -0.25) is 4.55 Å². The van der Waals surface area contributed by atoms with Crippen molar-refractivity contribution >= 4 is 27.4 Å². The Morgan fingerprint density at radius 1 is 1.05 bits per heavy atom. The second-order valence-corrected chi connectivity index (χ2v) is 5.90. The van der Waals surface area contributed by atoms with E-state index in [1.54, 1.807) is 23.0 Å². The van der Waals surface area contributed by atoms with Gasteiger partial charge in [0, 0.05) is 0 Å². The van der Waals surface area contributed by atoms with Crippen LogP contribution in [0, 0.1) is 13.8 Å². The molecule has 116 valence electrons. The smallest absolute Gasteiger partial charge is 0.306 e. The number of hydrogen-bond donors (Lipinski definition) is 3. The maximum Gasteiger partial charge on any atom is 0.350 e. The first kappa shape index (κ1) is 16.1. The van der Waals surface area contributed by atoms with Crippen molar-refractivity contribution < 1.29 is 13.0 Å². The van der Waals surface area contributed by atoms with Gasteiger partial charge in [0.15, 0.2) is 0 Å². The Kier molecular flexibility index (Phi) is 4.86. The van der Waals surface area contributed by atoms with Crippen LogP contribution in [0.25, 0.3) is 0 Å². The first-order valence-electron chi connectivity index (χ1n) is 6.43. The van der Waals surface area contributed by atoms with Gasteiger partial charge in [-0.05, 0) is 55.3 Å². The Balaban J connectivity index is 2.13. The van der Waals surface area contributed by atoms with E-state index in [0.29, 0.717) is 11.4 Å². The molecule has 0 fully saturated rings. The zero-order valence-electron chi connectivity index (χ0n) is 12.1. The number of aryl methyl sites for hydroxylation is 2. The van der Waals surface area contributed by atoms with Crippen molar-refractivity contribution in [3.05, 3.63) is 53.6 Å². The fourth-order valence-corrected chi connectivity index (χ4v) is 2.02. The van der Waals surface area contributed by atoms with Crippen LogP contribution in [-0.4, -0.2) is 13.0 Å². The minimum absolute atomic E-state index is 0.477. The molecule has 0 saturated carbocycles. The van der Waals surface area contributed by atoms with Crippen LogP contribution in [0.4, 0.5) is 17.1 Å². The van der Waals surface area contributed by atoms with Gasteiger partial charge in [0.05, 0.1) is 17.1 Å². The number of nitrogens with zero attached hydrogens (tertiary/aromatic N) is 2. The lowest BCUT2D eigenvalue weighted by Crippen LogP contribution is -2.28. The van der Waals surface area contributed by atoms with Gasteiger partial charge in [-0.25, -0.2) is 0 Å². The number of nitrogens with one attached hydrogen (secondary N) is 2. The van der Waals surface area contributed by atoms with Crippen molar-refractivity contribution in [2.24, 2.45) is 10.2 Å². The number of azo groups is 1. The summed E-state index contributed by atoms with van der Waals surface area (Å²) in [4.78, 5) is 1.77. The van der Waals surface area contributed by atoms with Crippen molar-refractivity contribution in [3.8, 4) is 0 Å². The van der Waals surface area contributed by atoms with E-state index in [2.05, 4.69) is 15.7 Å². The Bertz CT molecular complexity index is 803. The van der Waals surface area contributed by atoms with E-state index in [1.165, 1.54) is 0 Å². The second kappa shape index (κ2) is 6.65. The molecule has 0 heterocycles. The van der Waals surface area contributed by atoms with Crippen LogP contribution in [0.5, 0.6) is 0 Å². The van der Waals surface area contributed by atoms with Gasteiger partial charge in [0.25, 0.3) is 0 Å². The molecule has 0 bridgehead atoms. The monoisotopic (exact) mass is 320 g/mol. The van der Waals surface area contributed by atoms with E-state index >= 15 is 0 Å². The summed E-state index contributed by atoms with van der Waals surface area (Å²) in [6.07, 6.45) is 0. The average Bonchev–Trinajstić information content (AvgIpc) is 2.43. The molecule has 2 aromatic rings. The molecule has 8 heteroatoms. The van der Waals surface area contributed by atoms with Gasteiger partial charge in [-0.1, -0.05) is 12.1 Å². The van der Waals surface area contributed by atoms with E-state index in [9.17, 15) is 8.42 Å². The molecule has 0 unspecified atom stereocenters. The molecule has 0 spiro atoms. The van der Waals surface area contributed by atoms with Crippen molar-refractivity contribution in [3.63, 3.8) is 0 Å². The van der Waals surface area contributed by atoms with Gasteiger partial charge in [-0.2, -0.15) is 18.6 Å². The van der Waals surface area contributed by atoms with E-state index in [4.69, 9.17) is 4.55 Å². The summed E-state index contributed by atoms with van der Waals surface area (Å²) >= 11 is 0. The third kappa shape index (κ3) is 4.92. The fourth-order valence-electron chi connectivity index (χ4n) is 1.77. The van der Waals surface area contributed by atoms with Crippen molar-refractivity contribution in [1.29, 1.82) is 0 Å². The summed E-state index contributed by atoms with van der Waals surface area (Å²) in [5.74, 6) is 0. The number of hydrogen-bond acceptors (Lipinski definition) is 5. The molecule has 3 N–H and O–H groups in total. The van der Waals surface area contributed by atoms with Crippen LogP contribution in [-0.2, 0) is 10.3 Å². The summed E-state index contributed by atoms with van der Waals surface area (Å²) in [5, 5.41) is 8.34. The molecular formula is C14H16N4O3S. The Morgan fingerprint density at radius 2 is 1.82 bits per heavy atom. The maximum atomic E-state index is 10.6. The van der Waals surface area contributed by atoms with Crippen LogP contribution in [0.3, 0.4) is 0 Å². The highest BCUT2D eigenvalue weighted by Crippen LogP contribution is 2.24. The standard InChI is InChI=1S/C14H16N4O3S/c1-10-4-3-5-12(8-10)15-17-14-7-6-13(9-11(14)2)16-18-22(19,20)21/h3-9,16,18H,1-2H3,(H,19,20,21). The predicted molar refractivity (Wildman–Crippen MR) is 84.8 cm³/mol. The fraction of sp³-hybridized carbons (Fsp3) is 0.143. The molecule has 2 aromatic carbocycles. The summed E-state index contributed by atoms with van der Waals surface area (Å²) < 4.78 is 29.8. The predicted octanol–water partition coefficient (Wildman–Crippen LogP) is 3.44. The maximum absolute atomic E-state index is 10.6. The molecule has 2 rings (SSSR count). The van der Waals surface area contributed by atoms with E-state index in [-0.39, 0.29) is 0 Å². The van der Waals surface area contributed by atoms with E-state index in [0.717, 1.165) is 16.8 Å².